The summed E-state index contributed by atoms with van der Waals surface area (Å²) < 4.78 is 21.8. The van der Waals surface area contributed by atoms with Crippen LogP contribution in [0.5, 0.6) is 23.0 Å². The van der Waals surface area contributed by atoms with Crippen molar-refractivity contribution >= 4 is 17.5 Å². The topological polar surface area (TPSA) is 86.3 Å². The van der Waals surface area contributed by atoms with Gasteiger partial charge in [0.05, 0.1) is 5.92 Å². The second-order valence-corrected chi connectivity index (χ2v) is 7.14. The Kier molecular flexibility index (Phi) is 4.38. The average Bonchev–Trinajstić information content (AvgIpc) is 3.37. The van der Waals surface area contributed by atoms with E-state index in [9.17, 15) is 9.59 Å². The Balaban J connectivity index is 1.22. The highest BCUT2D eigenvalue weighted by Crippen LogP contribution is 2.36. The van der Waals surface area contributed by atoms with E-state index in [0.717, 1.165) is 5.56 Å². The molecule has 0 saturated carbocycles. The van der Waals surface area contributed by atoms with Gasteiger partial charge in [0.25, 0.3) is 0 Å². The molecular weight excluding hydrogens is 376 g/mol. The normalized spacial score (nSPS) is 19.4. The molecule has 0 unspecified atom stereocenters. The number of hydrogen-bond acceptors (Lipinski definition) is 6. The van der Waals surface area contributed by atoms with Gasteiger partial charge < -0.3 is 29.2 Å². The number of benzene rings is 2. The quantitative estimate of drug-likeness (QED) is 0.849. The fraction of sp³-hybridized carbons (Fsp3) is 0.333. The number of carbonyl (C=O) groups excluding carboxylic acids is 2. The second kappa shape index (κ2) is 7.20. The van der Waals surface area contributed by atoms with Gasteiger partial charge in [-0.25, -0.2) is 0 Å². The predicted molar refractivity (Wildman–Crippen MR) is 102 cm³/mol. The van der Waals surface area contributed by atoms with Crippen molar-refractivity contribution in [2.24, 2.45) is 5.92 Å². The van der Waals surface area contributed by atoms with Crippen molar-refractivity contribution in [1.82, 2.24) is 5.32 Å². The molecule has 0 bridgehead atoms. The lowest BCUT2D eigenvalue weighted by Gasteiger charge is -2.22. The van der Waals surface area contributed by atoms with Crippen LogP contribution in [0.4, 0.5) is 5.69 Å². The van der Waals surface area contributed by atoms with Crippen LogP contribution in [-0.4, -0.2) is 38.4 Å². The maximum absolute atomic E-state index is 12.6. The molecule has 3 heterocycles. The summed E-state index contributed by atoms with van der Waals surface area (Å²) in [4.78, 5) is 26.7. The first kappa shape index (κ1) is 17.7. The minimum absolute atomic E-state index is 0.0788. The number of fused-ring (bicyclic) bond motifs is 2. The zero-order valence-corrected chi connectivity index (χ0v) is 15.7. The standard InChI is InChI=1S/C21H20N2O6/c24-20-8-14(11-23(20)15-2-4-16-19(9-15)27-6-5-26-16)21(25)22-10-13-1-3-17-18(7-13)29-12-28-17/h1-4,7,9,14H,5-6,8,10-12H2,(H,22,25)/t14-/m0/s1. The number of nitrogens with zero attached hydrogens (tertiary/aromatic N) is 1. The third kappa shape index (κ3) is 3.41. The van der Waals surface area contributed by atoms with E-state index in [-0.39, 0.29) is 25.0 Å². The van der Waals surface area contributed by atoms with Gasteiger partial charge in [-0.05, 0) is 29.8 Å². The van der Waals surface area contributed by atoms with Gasteiger partial charge in [-0.3, -0.25) is 9.59 Å². The van der Waals surface area contributed by atoms with Crippen LogP contribution in [-0.2, 0) is 16.1 Å². The van der Waals surface area contributed by atoms with Crippen LogP contribution in [0.2, 0.25) is 0 Å². The average molecular weight is 396 g/mol. The SMILES string of the molecule is O=C(NCc1ccc2c(c1)OCO2)[C@H]1CC(=O)N(c2ccc3c(c2)OCCO3)C1. The van der Waals surface area contributed by atoms with Gasteiger partial charge in [0.2, 0.25) is 18.6 Å². The summed E-state index contributed by atoms with van der Waals surface area (Å²) in [5.74, 6) is 2.06. The molecule has 2 aromatic carbocycles. The molecule has 5 rings (SSSR count). The number of anilines is 1. The molecule has 1 atom stereocenters. The lowest BCUT2D eigenvalue weighted by molar-refractivity contribution is -0.126. The number of ether oxygens (including phenoxy) is 4. The number of nitrogens with one attached hydrogen (secondary N) is 1. The molecule has 2 amide bonds. The molecule has 8 heteroatoms. The molecule has 0 radical (unpaired) electrons. The Morgan fingerprint density at radius 3 is 2.59 bits per heavy atom. The van der Waals surface area contributed by atoms with Crippen molar-refractivity contribution in [2.45, 2.75) is 13.0 Å². The fourth-order valence-corrected chi connectivity index (χ4v) is 3.72. The van der Waals surface area contributed by atoms with Gasteiger partial charge in [0.15, 0.2) is 23.0 Å². The molecule has 29 heavy (non-hydrogen) atoms. The van der Waals surface area contributed by atoms with E-state index < -0.39 is 5.92 Å². The van der Waals surface area contributed by atoms with Crippen molar-refractivity contribution in [3.8, 4) is 23.0 Å². The van der Waals surface area contributed by atoms with Crippen molar-refractivity contribution in [3.63, 3.8) is 0 Å². The van der Waals surface area contributed by atoms with Gasteiger partial charge in [0, 0.05) is 31.3 Å². The molecule has 3 aliphatic heterocycles. The van der Waals surface area contributed by atoms with E-state index in [1.807, 2.05) is 24.3 Å². The maximum Gasteiger partial charge on any atom is 0.231 e. The van der Waals surface area contributed by atoms with Crippen LogP contribution < -0.4 is 29.2 Å². The smallest absolute Gasteiger partial charge is 0.231 e. The summed E-state index contributed by atoms with van der Waals surface area (Å²) in [6, 6.07) is 11.0. The first-order valence-electron chi connectivity index (χ1n) is 9.53. The van der Waals surface area contributed by atoms with Gasteiger partial charge >= 0.3 is 0 Å². The van der Waals surface area contributed by atoms with Crippen LogP contribution in [0.1, 0.15) is 12.0 Å². The lowest BCUT2D eigenvalue weighted by atomic mass is 10.1. The number of amides is 2. The van der Waals surface area contributed by atoms with E-state index in [0.29, 0.717) is 55.0 Å². The van der Waals surface area contributed by atoms with Crippen LogP contribution in [0.3, 0.4) is 0 Å². The van der Waals surface area contributed by atoms with Gasteiger partial charge in [-0.1, -0.05) is 6.07 Å². The molecular formula is C21H20N2O6. The zero-order chi connectivity index (χ0) is 19.8. The summed E-state index contributed by atoms with van der Waals surface area (Å²) in [5.41, 5.74) is 1.63. The van der Waals surface area contributed by atoms with Crippen LogP contribution in [0.15, 0.2) is 36.4 Å². The molecule has 1 fully saturated rings. The maximum atomic E-state index is 12.6. The van der Waals surface area contributed by atoms with Gasteiger partial charge in [-0.2, -0.15) is 0 Å². The van der Waals surface area contributed by atoms with E-state index in [1.54, 1.807) is 17.0 Å². The fourth-order valence-electron chi connectivity index (χ4n) is 3.72. The molecule has 2 aromatic rings. The van der Waals surface area contributed by atoms with Crippen LogP contribution in [0.25, 0.3) is 0 Å². The summed E-state index contributed by atoms with van der Waals surface area (Å²) in [5, 5.41) is 2.92. The molecule has 1 saturated heterocycles. The molecule has 8 nitrogen and oxygen atoms in total. The number of hydrogen-bond donors (Lipinski definition) is 1. The largest absolute Gasteiger partial charge is 0.486 e. The molecule has 3 aliphatic rings. The Labute approximate surface area is 167 Å². The highest BCUT2D eigenvalue weighted by atomic mass is 16.7. The summed E-state index contributed by atoms with van der Waals surface area (Å²) in [6.45, 7) is 1.91. The first-order valence-corrected chi connectivity index (χ1v) is 9.53. The third-order valence-electron chi connectivity index (χ3n) is 5.24. The number of rotatable bonds is 4. The highest BCUT2D eigenvalue weighted by molar-refractivity contribution is 6.00. The van der Waals surface area contributed by atoms with Crippen molar-refractivity contribution in [3.05, 3.63) is 42.0 Å². The molecule has 1 N–H and O–H groups in total. The monoisotopic (exact) mass is 396 g/mol. The first-order chi connectivity index (χ1) is 14.2. The van der Waals surface area contributed by atoms with E-state index in [1.165, 1.54) is 0 Å². The Morgan fingerprint density at radius 1 is 0.966 bits per heavy atom. The molecule has 0 aromatic heterocycles. The second-order valence-electron chi connectivity index (χ2n) is 7.14. The van der Waals surface area contributed by atoms with Crippen LogP contribution >= 0.6 is 0 Å². The minimum atomic E-state index is -0.398. The van der Waals surface area contributed by atoms with Crippen molar-refractivity contribution in [1.29, 1.82) is 0 Å². The van der Waals surface area contributed by atoms with E-state index >= 15 is 0 Å². The Bertz CT molecular complexity index is 976. The van der Waals surface area contributed by atoms with Gasteiger partial charge in [-0.15, -0.1) is 0 Å². The summed E-state index contributed by atoms with van der Waals surface area (Å²) in [6.07, 6.45) is 0.182. The molecule has 0 spiro atoms. The number of carbonyl (C=O) groups is 2. The lowest BCUT2D eigenvalue weighted by Crippen LogP contribution is -2.32. The van der Waals surface area contributed by atoms with Gasteiger partial charge in [0.1, 0.15) is 13.2 Å². The summed E-state index contributed by atoms with van der Waals surface area (Å²) >= 11 is 0. The van der Waals surface area contributed by atoms with Crippen molar-refractivity contribution in [2.75, 3.05) is 31.5 Å². The van der Waals surface area contributed by atoms with Crippen LogP contribution in [0, 0.1) is 5.92 Å². The highest BCUT2D eigenvalue weighted by Gasteiger charge is 2.35. The Morgan fingerprint density at radius 2 is 1.69 bits per heavy atom. The molecule has 150 valence electrons. The predicted octanol–water partition coefficient (Wildman–Crippen LogP) is 1.86. The molecule has 0 aliphatic carbocycles. The summed E-state index contributed by atoms with van der Waals surface area (Å²) in [7, 11) is 0. The minimum Gasteiger partial charge on any atom is -0.486 e. The van der Waals surface area contributed by atoms with Crippen molar-refractivity contribution < 1.29 is 28.5 Å². The Hall–Kier alpha value is -3.42. The van der Waals surface area contributed by atoms with E-state index in [4.69, 9.17) is 18.9 Å². The van der Waals surface area contributed by atoms with E-state index in [2.05, 4.69) is 5.32 Å². The third-order valence-corrected chi connectivity index (χ3v) is 5.24. The zero-order valence-electron chi connectivity index (χ0n) is 15.7.